The van der Waals surface area contributed by atoms with Crippen LogP contribution in [0.2, 0.25) is 0 Å². The molecule has 48 valence electrons. The third-order valence-electron chi connectivity index (χ3n) is 0.569. The molecule has 0 saturated heterocycles. The molecule has 1 amide bonds. The summed E-state index contributed by atoms with van der Waals surface area (Å²) in [5, 5.41) is 0. The van der Waals surface area contributed by atoms with E-state index in [9.17, 15) is 4.79 Å². The predicted molar refractivity (Wildman–Crippen MR) is 36.9 cm³/mol. The van der Waals surface area contributed by atoms with Crippen molar-refractivity contribution in [3.05, 3.63) is 0 Å². The SMILES string of the molecule is CN(SCl)C(=O)CCl. The van der Waals surface area contributed by atoms with Crippen molar-refractivity contribution in [1.29, 1.82) is 0 Å². The Balaban J connectivity index is 3.46. The molecule has 0 radical (unpaired) electrons. The first-order valence-electron chi connectivity index (χ1n) is 1.83. The average molecular weight is 174 g/mol. The van der Waals surface area contributed by atoms with Crippen LogP contribution >= 0.6 is 33.4 Å². The lowest BCUT2D eigenvalue weighted by Crippen LogP contribution is -2.18. The third kappa shape index (κ3) is 2.64. The minimum absolute atomic E-state index is 0.0176. The summed E-state index contributed by atoms with van der Waals surface area (Å²) in [6.45, 7) is 0. The van der Waals surface area contributed by atoms with E-state index in [1.807, 2.05) is 0 Å². The number of nitrogens with zero attached hydrogens (tertiary/aromatic N) is 1. The molecule has 0 aromatic heterocycles. The van der Waals surface area contributed by atoms with Crippen LogP contribution in [0.4, 0.5) is 0 Å². The Labute approximate surface area is 61.8 Å². The van der Waals surface area contributed by atoms with E-state index in [1.165, 1.54) is 4.31 Å². The van der Waals surface area contributed by atoms with Crippen LogP contribution in [0.1, 0.15) is 0 Å². The molecule has 8 heavy (non-hydrogen) atoms. The molecule has 0 aliphatic carbocycles. The maximum atomic E-state index is 10.4. The number of halogens is 2. The molecule has 0 rings (SSSR count). The molecule has 5 heteroatoms. The zero-order valence-corrected chi connectivity index (χ0v) is 6.56. The fraction of sp³-hybridized carbons (Fsp3) is 0.667. The van der Waals surface area contributed by atoms with Crippen molar-refractivity contribution in [2.24, 2.45) is 0 Å². The second kappa shape index (κ2) is 4.30. The average Bonchev–Trinajstić information content (AvgIpc) is 1.84. The van der Waals surface area contributed by atoms with E-state index in [4.69, 9.17) is 22.3 Å². The van der Waals surface area contributed by atoms with Crippen molar-refractivity contribution in [3.8, 4) is 0 Å². The van der Waals surface area contributed by atoms with E-state index in [0.29, 0.717) is 0 Å². The normalized spacial score (nSPS) is 8.88. The zero-order chi connectivity index (χ0) is 6.57. The summed E-state index contributed by atoms with van der Waals surface area (Å²) >= 11 is 5.99. The number of carbonyl (C=O) groups excluding carboxylic acids is 1. The molecule has 0 fully saturated rings. The summed E-state index contributed by atoms with van der Waals surface area (Å²) < 4.78 is 1.26. The lowest BCUT2D eigenvalue weighted by Gasteiger charge is -2.06. The fourth-order valence-electron chi connectivity index (χ4n) is 0.123. The molecule has 0 aromatic carbocycles. The highest BCUT2D eigenvalue weighted by molar-refractivity contribution is 8.19. The predicted octanol–water partition coefficient (Wildman–Crippen LogP) is 1.49. The topological polar surface area (TPSA) is 20.3 Å². The van der Waals surface area contributed by atoms with Gasteiger partial charge in [-0.15, -0.1) is 11.6 Å². The van der Waals surface area contributed by atoms with Gasteiger partial charge in [0.05, 0.1) is 11.2 Å². The van der Waals surface area contributed by atoms with Gasteiger partial charge in [0.25, 0.3) is 0 Å². The summed E-state index contributed by atoms with van der Waals surface area (Å²) in [6, 6.07) is 0. The smallest absolute Gasteiger partial charge is 0.247 e. The van der Waals surface area contributed by atoms with Gasteiger partial charge in [0.2, 0.25) is 5.91 Å². The molecule has 0 atom stereocenters. The van der Waals surface area contributed by atoms with Crippen LogP contribution in [0.15, 0.2) is 0 Å². The van der Waals surface area contributed by atoms with Gasteiger partial charge in [-0.05, 0) is 10.7 Å². The van der Waals surface area contributed by atoms with E-state index in [-0.39, 0.29) is 11.8 Å². The zero-order valence-electron chi connectivity index (χ0n) is 4.23. The number of alkyl halides is 1. The second-order valence-electron chi connectivity index (χ2n) is 1.09. The Kier molecular flexibility index (Phi) is 4.51. The highest BCUT2D eigenvalue weighted by atomic mass is 35.7. The molecule has 0 heterocycles. The molecular weight excluding hydrogens is 169 g/mol. The Morgan fingerprint density at radius 1 is 1.88 bits per heavy atom. The van der Waals surface area contributed by atoms with Gasteiger partial charge in [-0.25, -0.2) is 0 Å². The molecule has 0 unspecified atom stereocenters. The fourth-order valence-corrected chi connectivity index (χ4v) is 0.745. The molecular formula is C3H5Cl2NOS. The minimum atomic E-state index is -0.188. The van der Waals surface area contributed by atoms with Crippen molar-refractivity contribution in [2.75, 3.05) is 12.9 Å². The quantitative estimate of drug-likeness (QED) is 0.466. The van der Waals surface area contributed by atoms with E-state index < -0.39 is 0 Å². The Bertz CT molecular complexity index is 89.4. The summed E-state index contributed by atoms with van der Waals surface area (Å²) in [5.41, 5.74) is 0. The third-order valence-corrected chi connectivity index (χ3v) is 1.83. The number of amides is 1. The van der Waals surface area contributed by atoms with E-state index in [2.05, 4.69) is 0 Å². The van der Waals surface area contributed by atoms with Crippen LogP contribution < -0.4 is 0 Å². The summed E-state index contributed by atoms with van der Waals surface area (Å²) in [4.78, 5) is 10.4. The highest BCUT2D eigenvalue weighted by Crippen LogP contribution is 2.11. The number of carbonyl (C=O) groups is 1. The van der Waals surface area contributed by atoms with Gasteiger partial charge in [0, 0.05) is 7.05 Å². The lowest BCUT2D eigenvalue weighted by molar-refractivity contribution is -0.122. The summed E-state index contributed by atoms with van der Waals surface area (Å²) in [5.74, 6) is -0.206. The van der Waals surface area contributed by atoms with Crippen LogP contribution in [0.5, 0.6) is 0 Å². The molecule has 0 aromatic rings. The molecule has 0 saturated carbocycles. The summed E-state index contributed by atoms with van der Waals surface area (Å²) in [6.07, 6.45) is 0. The van der Waals surface area contributed by atoms with Crippen molar-refractivity contribution >= 4 is 39.4 Å². The largest absolute Gasteiger partial charge is 0.275 e. The second-order valence-corrected chi connectivity index (χ2v) is 2.46. The van der Waals surface area contributed by atoms with Gasteiger partial charge >= 0.3 is 0 Å². The summed E-state index contributed by atoms with van der Waals surface area (Å²) in [7, 11) is 6.75. The van der Waals surface area contributed by atoms with E-state index >= 15 is 0 Å². The Morgan fingerprint density at radius 3 is 2.50 bits per heavy atom. The molecule has 2 nitrogen and oxygen atoms in total. The number of rotatable bonds is 2. The van der Waals surface area contributed by atoms with Gasteiger partial charge in [-0.1, -0.05) is 0 Å². The molecule has 0 spiro atoms. The van der Waals surface area contributed by atoms with Crippen LogP contribution in [0, 0.1) is 0 Å². The van der Waals surface area contributed by atoms with Crippen molar-refractivity contribution in [2.45, 2.75) is 0 Å². The minimum Gasteiger partial charge on any atom is -0.275 e. The van der Waals surface area contributed by atoms with Gasteiger partial charge in [-0.3, -0.25) is 9.10 Å². The van der Waals surface area contributed by atoms with Crippen molar-refractivity contribution in [3.63, 3.8) is 0 Å². The first-order chi connectivity index (χ1) is 3.72. The Morgan fingerprint density at radius 2 is 2.38 bits per heavy atom. The molecule has 0 N–H and O–H groups in total. The van der Waals surface area contributed by atoms with Gasteiger partial charge in [0.1, 0.15) is 5.88 Å². The first-order valence-corrected chi connectivity index (χ1v) is 3.97. The lowest BCUT2D eigenvalue weighted by atomic mass is 10.7. The van der Waals surface area contributed by atoms with Crippen LogP contribution in [-0.2, 0) is 4.79 Å². The van der Waals surface area contributed by atoms with E-state index in [0.717, 1.165) is 11.2 Å². The maximum Gasteiger partial charge on any atom is 0.247 e. The van der Waals surface area contributed by atoms with Crippen molar-refractivity contribution < 1.29 is 4.79 Å². The molecule has 0 aliphatic heterocycles. The van der Waals surface area contributed by atoms with Crippen molar-refractivity contribution in [1.82, 2.24) is 4.31 Å². The molecule has 0 aliphatic rings. The van der Waals surface area contributed by atoms with E-state index in [1.54, 1.807) is 7.05 Å². The van der Waals surface area contributed by atoms with Gasteiger partial charge < -0.3 is 0 Å². The highest BCUT2D eigenvalue weighted by Gasteiger charge is 2.03. The number of hydrogen-bond donors (Lipinski definition) is 0. The van der Waals surface area contributed by atoms with Gasteiger partial charge in [-0.2, -0.15) is 0 Å². The Hall–Kier alpha value is 0.400. The number of hydrogen-bond acceptors (Lipinski definition) is 2. The van der Waals surface area contributed by atoms with Crippen LogP contribution in [0.3, 0.4) is 0 Å². The standard InChI is InChI=1S/C3H5Cl2NOS/c1-6(8-5)3(7)2-4/h2H2,1H3. The monoisotopic (exact) mass is 173 g/mol. The van der Waals surface area contributed by atoms with Crippen LogP contribution in [-0.4, -0.2) is 23.1 Å². The van der Waals surface area contributed by atoms with Gasteiger partial charge in [0.15, 0.2) is 0 Å². The maximum absolute atomic E-state index is 10.4. The van der Waals surface area contributed by atoms with Crippen LogP contribution in [0.25, 0.3) is 0 Å². The molecule has 0 bridgehead atoms. The first kappa shape index (κ1) is 8.40.